The molecule has 5 nitrogen and oxygen atoms in total. The van der Waals surface area contributed by atoms with E-state index in [0.29, 0.717) is 0 Å². The highest BCUT2D eigenvalue weighted by Crippen LogP contribution is 1.97. The number of Topliss-reactive ketones (excluding diaryl/α,β-unsaturated/α-hetero) is 1. The third-order valence-corrected chi connectivity index (χ3v) is 1.25. The lowest BCUT2D eigenvalue weighted by Crippen LogP contribution is -2.40. The predicted molar refractivity (Wildman–Crippen MR) is 35.8 cm³/mol. The maximum absolute atomic E-state index is 10.7. The van der Waals surface area contributed by atoms with Crippen molar-refractivity contribution in [3.8, 4) is 0 Å². The van der Waals surface area contributed by atoms with Crippen LogP contribution in [0.4, 0.5) is 0 Å². The molecule has 0 saturated heterocycles. The van der Waals surface area contributed by atoms with Crippen molar-refractivity contribution in [2.45, 2.75) is 25.2 Å². The van der Waals surface area contributed by atoms with E-state index in [4.69, 9.17) is 20.4 Å². The molecule has 0 spiro atoms. The molecule has 0 heterocycles. The van der Waals surface area contributed by atoms with Gasteiger partial charge in [-0.05, 0) is 6.92 Å². The van der Waals surface area contributed by atoms with E-state index in [2.05, 4.69) is 0 Å². The topological polar surface area (TPSA) is 98.0 Å². The Morgan fingerprint density at radius 1 is 1.36 bits per heavy atom. The van der Waals surface area contributed by atoms with Gasteiger partial charge in [0.15, 0.2) is 5.78 Å². The Hall–Kier alpha value is -0.490. The minimum Gasteiger partial charge on any atom is -0.393 e. The lowest BCUT2D eigenvalue weighted by atomic mass is 10.1. The van der Waals surface area contributed by atoms with E-state index in [0.717, 1.165) is 0 Å². The Bertz CT molecular complexity index is 133. The zero-order chi connectivity index (χ0) is 9.02. The summed E-state index contributed by atoms with van der Waals surface area (Å²) in [7, 11) is 0. The highest BCUT2D eigenvalue weighted by atomic mass is 16.4. The maximum atomic E-state index is 10.7. The summed E-state index contributed by atoms with van der Waals surface area (Å²) in [6.07, 6.45) is -4.47. The van der Waals surface area contributed by atoms with Gasteiger partial charge in [0.05, 0.1) is 12.7 Å². The molecule has 0 aromatic heterocycles. The third-order valence-electron chi connectivity index (χ3n) is 1.25. The Labute approximate surface area is 63.9 Å². The second kappa shape index (κ2) is 4.40. The summed E-state index contributed by atoms with van der Waals surface area (Å²) in [5.41, 5.74) is 0. The lowest BCUT2D eigenvalue weighted by molar-refractivity contribution is -0.142. The molecule has 0 amide bonds. The smallest absolute Gasteiger partial charge is 0.194 e. The Morgan fingerprint density at radius 3 is 2.09 bits per heavy atom. The van der Waals surface area contributed by atoms with Crippen molar-refractivity contribution in [1.82, 2.24) is 0 Å². The normalized spacial score (nSPS) is 19.0. The fourth-order valence-corrected chi connectivity index (χ4v) is 0.525. The molecule has 0 rings (SSSR count). The summed E-state index contributed by atoms with van der Waals surface area (Å²) in [6, 6.07) is 0. The van der Waals surface area contributed by atoms with E-state index < -0.39 is 30.7 Å². The van der Waals surface area contributed by atoms with Crippen molar-refractivity contribution in [2.24, 2.45) is 0 Å². The molecule has 0 saturated carbocycles. The number of aliphatic hydroxyl groups is 4. The summed E-state index contributed by atoms with van der Waals surface area (Å²) >= 11 is 0. The standard InChI is InChI=1S/C6H12O5/c1-3(8)5(10)6(11)4(9)2-7/h3-5,7-10H,2H2,1H3/t3-,4-,5-/m1/s1. The van der Waals surface area contributed by atoms with Crippen LogP contribution in [-0.2, 0) is 4.79 Å². The predicted octanol–water partition coefficient (Wildman–Crippen LogP) is -2.35. The van der Waals surface area contributed by atoms with Crippen molar-refractivity contribution in [1.29, 1.82) is 0 Å². The number of hydrogen-bond acceptors (Lipinski definition) is 5. The zero-order valence-electron chi connectivity index (χ0n) is 6.14. The van der Waals surface area contributed by atoms with Crippen molar-refractivity contribution in [3.63, 3.8) is 0 Å². The fourth-order valence-electron chi connectivity index (χ4n) is 0.525. The van der Waals surface area contributed by atoms with Crippen LogP contribution in [0.1, 0.15) is 6.92 Å². The maximum Gasteiger partial charge on any atom is 0.194 e. The number of aliphatic hydroxyl groups excluding tert-OH is 4. The molecule has 0 unspecified atom stereocenters. The van der Waals surface area contributed by atoms with Gasteiger partial charge in [-0.3, -0.25) is 4.79 Å². The van der Waals surface area contributed by atoms with Crippen molar-refractivity contribution in [3.05, 3.63) is 0 Å². The first-order valence-electron chi connectivity index (χ1n) is 3.19. The Kier molecular flexibility index (Phi) is 4.20. The van der Waals surface area contributed by atoms with Crippen LogP contribution in [0.15, 0.2) is 0 Å². The van der Waals surface area contributed by atoms with Gasteiger partial charge in [0.2, 0.25) is 0 Å². The zero-order valence-corrected chi connectivity index (χ0v) is 6.14. The average molecular weight is 164 g/mol. The first kappa shape index (κ1) is 10.5. The van der Waals surface area contributed by atoms with Gasteiger partial charge >= 0.3 is 0 Å². The lowest BCUT2D eigenvalue weighted by Gasteiger charge is -2.14. The number of rotatable bonds is 4. The minimum atomic E-state index is -1.63. The molecule has 0 fully saturated rings. The van der Waals surface area contributed by atoms with Crippen LogP contribution in [0.2, 0.25) is 0 Å². The van der Waals surface area contributed by atoms with Gasteiger partial charge in [-0.2, -0.15) is 0 Å². The van der Waals surface area contributed by atoms with Crippen molar-refractivity contribution < 1.29 is 25.2 Å². The van der Waals surface area contributed by atoms with Gasteiger partial charge in [0.25, 0.3) is 0 Å². The molecule has 3 atom stereocenters. The van der Waals surface area contributed by atoms with Gasteiger partial charge in [-0.1, -0.05) is 0 Å². The van der Waals surface area contributed by atoms with E-state index in [9.17, 15) is 4.79 Å². The SMILES string of the molecule is C[C@@H](O)[C@@H](O)C(=O)[C@H](O)CO. The molecule has 0 aliphatic heterocycles. The summed E-state index contributed by atoms with van der Waals surface area (Å²) in [5, 5.41) is 34.4. The number of hydrogen-bond donors (Lipinski definition) is 4. The summed E-state index contributed by atoms with van der Waals surface area (Å²) in [4.78, 5) is 10.7. The molecule has 0 aliphatic carbocycles. The van der Waals surface area contributed by atoms with Crippen LogP contribution < -0.4 is 0 Å². The van der Waals surface area contributed by atoms with Crippen LogP contribution in [0.5, 0.6) is 0 Å². The molecular weight excluding hydrogens is 152 g/mol. The van der Waals surface area contributed by atoms with Crippen LogP contribution in [-0.4, -0.2) is 51.1 Å². The van der Waals surface area contributed by atoms with Crippen LogP contribution >= 0.6 is 0 Å². The summed E-state index contributed by atoms with van der Waals surface area (Å²) in [6.45, 7) is 0.468. The average Bonchev–Trinajstić information content (AvgIpc) is 2.00. The Morgan fingerprint density at radius 2 is 1.82 bits per heavy atom. The van der Waals surface area contributed by atoms with Gasteiger partial charge in [-0.15, -0.1) is 0 Å². The largest absolute Gasteiger partial charge is 0.393 e. The molecule has 66 valence electrons. The van der Waals surface area contributed by atoms with E-state index in [1.165, 1.54) is 6.92 Å². The van der Waals surface area contributed by atoms with Crippen LogP contribution in [0.3, 0.4) is 0 Å². The minimum absolute atomic E-state index is 0.747. The number of carbonyl (C=O) groups is 1. The second-order valence-corrected chi connectivity index (χ2v) is 2.29. The molecule has 0 radical (unpaired) electrons. The van der Waals surface area contributed by atoms with Crippen molar-refractivity contribution >= 4 is 5.78 Å². The molecule has 11 heavy (non-hydrogen) atoms. The number of ketones is 1. The monoisotopic (exact) mass is 164 g/mol. The van der Waals surface area contributed by atoms with Gasteiger partial charge in [-0.25, -0.2) is 0 Å². The molecule has 0 aromatic carbocycles. The molecule has 4 N–H and O–H groups in total. The Balaban J connectivity index is 4.02. The van der Waals surface area contributed by atoms with E-state index >= 15 is 0 Å². The van der Waals surface area contributed by atoms with Crippen LogP contribution in [0, 0.1) is 0 Å². The molecular formula is C6H12O5. The van der Waals surface area contributed by atoms with Gasteiger partial charge in [0, 0.05) is 0 Å². The summed E-state index contributed by atoms with van der Waals surface area (Å²) < 4.78 is 0. The summed E-state index contributed by atoms with van der Waals surface area (Å²) in [5.74, 6) is -0.970. The van der Waals surface area contributed by atoms with Crippen LogP contribution in [0.25, 0.3) is 0 Å². The van der Waals surface area contributed by atoms with Crippen molar-refractivity contribution in [2.75, 3.05) is 6.61 Å². The quantitative estimate of drug-likeness (QED) is 0.373. The third kappa shape index (κ3) is 2.94. The second-order valence-electron chi connectivity index (χ2n) is 2.29. The molecule has 0 bridgehead atoms. The first-order valence-corrected chi connectivity index (χ1v) is 3.19. The molecule has 0 aromatic rings. The first-order chi connectivity index (χ1) is 5.00. The van der Waals surface area contributed by atoms with E-state index in [1.807, 2.05) is 0 Å². The fraction of sp³-hybridized carbons (Fsp3) is 0.833. The molecule has 5 heteroatoms. The van der Waals surface area contributed by atoms with E-state index in [-0.39, 0.29) is 0 Å². The highest BCUT2D eigenvalue weighted by molar-refractivity contribution is 5.87. The van der Waals surface area contributed by atoms with Gasteiger partial charge < -0.3 is 20.4 Å². The van der Waals surface area contributed by atoms with E-state index in [1.54, 1.807) is 0 Å². The number of carbonyl (C=O) groups excluding carboxylic acids is 1. The van der Waals surface area contributed by atoms with Gasteiger partial charge in [0.1, 0.15) is 12.2 Å². The molecule has 0 aliphatic rings. The highest BCUT2D eigenvalue weighted by Gasteiger charge is 2.26.